The molecule has 0 saturated heterocycles. The zero-order valence-electron chi connectivity index (χ0n) is 15.8. The summed E-state index contributed by atoms with van der Waals surface area (Å²) in [6.07, 6.45) is 0. The Kier molecular flexibility index (Phi) is 6.32. The van der Waals surface area contributed by atoms with Gasteiger partial charge in [0.2, 0.25) is 5.91 Å². The molecule has 0 radical (unpaired) electrons. The average Bonchev–Trinajstić information content (AvgIpc) is 2.76. The molecular weight excluding hydrogens is 390 g/mol. The number of ether oxygens (including phenoxy) is 2. The molecule has 0 bridgehead atoms. The monoisotopic (exact) mass is 407 g/mol. The van der Waals surface area contributed by atoms with Gasteiger partial charge in [-0.15, -0.1) is 0 Å². The van der Waals surface area contributed by atoms with Crippen molar-refractivity contribution in [3.05, 3.63) is 59.7 Å². The fourth-order valence-corrected chi connectivity index (χ4v) is 3.42. The minimum atomic E-state index is -0.535. The fraction of sp³-hybridized carbons (Fsp3) is 0.143. The maximum Gasteiger partial charge on any atom is 0.339 e. The van der Waals surface area contributed by atoms with E-state index in [0.717, 1.165) is 17.1 Å². The molecular formula is C21H17N3O4S. The van der Waals surface area contributed by atoms with Gasteiger partial charge in [-0.05, 0) is 36.4 Å². The lowest BCUT2D eigenvalue weighted by molar-refractivity contribution is -0.113. The first kappa shape index (κ1) is 20.2. The summed E-state index contributed by atoms with van der Waals surface area (Å²) in [5, 5.41) is 13.4. The van der Waals surface area contributed by atoms with Gasteiger partial charge in [0.1, 0.15) is 16.8 Å². The number of thioether (sulfide) groups is 1. The second-order valence-electron chi connectivity index (χ2n) is 5.89. The third-order valence-electron chi connectivity index (χ3n) is 4.05. The van der Waals surface area contributed by atoms with Gasteiger partial charge in [-0.2, -0.15) is 5.26 Å². The molecule has 1 N–H and O–H groups in total. The number of anilines is 1. The molecule has 1 amide bonds. The second-order valence-corrected chi connectivity index (χ2v) is 6.85. The number of carbonyl (C=O) groups is 2. The van der Waals surface area contributed by atoms with E-state index < -0.39 is 5.97 Å². The normalized spacial score (nSPS) is 10.2. The minimum Gasteiger partial charge on any atom is -0.497 e. The molecule has 7 nitrogen and oxygen atoms in total. The topological polar surface area (TPSA) is 101 Å². The van der Waals surface area contributed by atoms with E-state index >= 15 is 0 Å². The van der Waals surface area contributed by atoms with Gasteiger partial charge in [0.05, 0.1) is 42.3 Å². The number of aromatic nitrogens is 1. The smallest absolute Gasteiger partial charge is 0.339 e. The van der Waals surface area contributed by atoms with Crippen molar-refractivity contribution in [1.82, 2.24) is 4.98 Å². The van der Waals surface area contributed by atoms with Crippen LogP contribution in [0, 0.1) is 11.3 Å². The van der Waals surface area contributed by atoms with Crippen LogP contribution < -0.4 is 10.1 Å². The number of hydrogen-bond donors (Lipinski definition) is 1. The summed E-state index contributed by atoms with van der Waals surface area (Å²) in [5.41, 5.74) is 1.70. The maximum atomic E-state index is 12.4. The van der Waals surface area contributed by atoms with E-state index in [4.69, 9.17) is 9.47 Å². The van der Waals surface area contributed by atoms with Gasteiger partial charge < -0.3 is 14.8 Å². The first-order valence-corrected chi connectivity index (χ1v) is 9.53. The molecule has 2 aromatic carbocycles. The Morgan fingerprint density at radius 2 is 1.97 bits per heavy atom. The number of esters is 1. The Hall–Kier alpha value is -3.57. The van der Waals surface area contributed by atoms with E-state index in [1.165, 1.54) is 7.11 Å². The molecule has 0 unspecified atom stereocenters. The quantitative estimate of drug-likeness (QED) is 0.492. The number of pyridine rings is 1. The number of hydrogen-bond acceptors (Lipinski definition) is 7. The first-order valence-electron chi connectivity index (χ1n) is 8.54. The van der Waals surface area contributed by atoms with Crippen LogP contribution >= 0.6 is 11.8 Å². The average molecular weight is 407 g/mol. The van der Waals surface area contributed by atoms with E-state index in [2.05, 4.69) is 16.4 Å². The summed E-state index contributed by atoms with van der Waals surface area (Å²) in [6, 6.07) is 15.8. The number of rotatable bonds is 6. The Morgan fingerprint density at radius 3 is 2.69 bits per heavy atom. The van der Waals surface area contributed by atoms with E-state index in [0.29, 0.717) is 27.5 Å². The number of para-hydroxylation sites is 1. The number of nitrogens with one attached hydrogen (secondary N) is 1. The summed E-state index contributed by atoms with van der Waals surface area (Å²) < 4.78 is 9.92. The third kappa shape index (κ3) is 4.65. The molecule has 0 saturated carbocycles. The van der Waals surface area contributed by atoms with Gasteiger partial charge in [0.25, 0.3) is 0 Å². The van der Waals surface area contributed by atoms with Crippen molar-refractivity contribution in [1.29, 1.82) is 5.26 Å². The van der Waals surface area contributed by atoms with Crippen molar-refractivity contribution in [3.63, 3.8) is 0 Å². The highest BCUT2D eigenvalue weighted by molar-refractivity contribution is 8.00. The SMILES string of the molecule is COC(=O)c1ccccc1NC(=O)CSc1nc2ccc(OC)cc2cc1C#N. The predicted molar refractivity (Wildman–Crippen MR) is 110 cm³/mol. The lowest BCUT2D eigenvalue weighted by Crippen LogP contribution is -2.17. The molecule has 3 aromatic rings. The fourth-order valence-electron chi connectivity index (χ4n) is 2.65. The summed E-state index contributed by atoms with van der Waals surface area (Å²) in [4.78, 5) is 28.7. The number of fused-ring (bicyclic) bond motifs is 1. The van der Waals surface area contributed by atoms with Crippen molar-refractivity contribution in [2.24, 2.45) is 0 Å². The number of benzene rings is 2. The van der Waals surface area contributed by atoms with Crippen LogP contribution in [-0.4, -0.2) is 36.8 Å². The largest absolute Gasteiger partial charge is 0.497 e. The van der Waals surface area contributed by atoms with Crippen LogP contribution in [0.3, 0.4) is 0 Å². The lowest BCUT2D eigenvalue weighted by atomic mass is 10.1. The number of amides is 1. The van der Waals surface area contributed by atoms with Crippen molar-refractivity contribution in [2.45, 2.75) is 5.03 Å². The predicted octanol–water partition coefficient (Wildman–Crippen LogP) is 3.63. The molecule has 3 rings (SSSR count). The van der Waals surface area contributed by atoms with Gasteiger partial charge in [0, 0.05) is 5.39 Å². The van der Waals surface area contributed by atoms with Gasteiger partial charge in [-0.25, -0.2) is 9.78 Å². The van der Waals surface area contributed by atoms with E-state index in [-0.39, 0.29) is 17.2 Å². The van der Waals surface area contributed by atoms with Gasteiger partial charge in [-0.3, -0.25) is 4.79 Å². The van der Waals surface area contributed by atoms with Crippen LogP contribution in [0.25, 0.3) is 10.9 Å². The summed E-state index contributed by atoms with van der Waals surface area (Å²) in [6.45, 7) is 0. The van der Waals surface area contributed by atoms with Crippen molar-refractivity contribution in [3.8, 4) is 11.8 Å². The molecule has 8 heteroatoms. The molecule has 0 aliphatic heterocycles. The zero-order chi connectivity index (χ0) is 20.8. The van der Waals surface area contributed by atoms with Crippen LogP contribution in [-0.2, 0) is 9.53 Å². The lowest BCUT2D eigenvalue weighted by Gasteiger charge is -2.10. The van der Waals surface area contributed by atoms with Crippen LogP contribution in [0.15, 0.2) is 53.6 Å². The van der Waals surface area contributed by atoms with E-state index in [1.54, 1.807) is 55.6 Å². The molecule has 0 spiro atoms. The van der Waals surface area contributed by atoms with E-state index in [9.17, 15) is 14.9 Å². The zero-order valence-corrected chi connectivity index (χ0v) is 16.6. The summed E-state index contributed by atoms with van der Waals surface area (Å²) in [7, 11) is 2.85. The molecule has 0 aliphatic rings. The highest BCUT2D eigenvalue weighted by Gasteiger charge is 2.15. The van der Waals surface area contributed by atoms with Crippen LogP contribution in [0.1, 0.15) is 15.9 Å². The molecule has 146 valence electrons. The Labute approximate surface area is 171 Å². The van der Waals surface area contributed by atoms with Crippen molar-refractivity contribution in [2.75, 3.05) is 25.3 Å². The van der Waals surface area contributed by atoms with Gasteiger partial charge in [-0.1, -0.05) is 23.9 Å². The van der Waals surface area contributed by atoms with Crippen molar-refractivity contribution >= 4 is 40.2 Å². The number of nitriles is 1. The van der Waals surface area contributed by atoms with Crippen molar-refractivity contribution < 1.29 is 19.1 Å². The van der Waals surface area contributed by atoms with Gasteiger partial charge >= 0.3 is 5.97 Å². The number of methoxy groups -OCH3 is 2. The molecule has 0 aliphatic carbocycles. The Balaban J connectivity index is 1.76. The minimum absolute atomic E-state index is 0.0266. The summed E-state index contributed by atoms with van der Waals surface area (Å²) >= 11 is 1.15. The van der Waals surface area contributed by atoms with E-state index in [1.807, 2.05) is 0 Å². The van der Waals surface area contributed by atoms with Gasteiger partial charge in [0.15, 0.2) is 0 Å². The maximum absolute atomic E-state index is 12.4. The summed E-state index contributed by atoms with van der Waals surface area (Å²) in [5.74, 6) is -0.162. The first-order chi connectivity index (χ1) is 14.0. The number of carbonyl (C=O) groups excluding carboxylic acids is 2. The molecule has 0 fully saturated rings. The van der Waals surface area contributed by atoms with Crippen LogP contribution in [0.5, 0.6) is 5.75 Å². The molecule has 0 atom stereocenters. The molecule has 1 heterocycles. The molecule has 1 aromatic heterocycles. The third-order valence-corrected chi connectivity index (χ3v) is 5.05. The second kappa shape index (κ2) is 9.08. The highest BCUT2D eigenvalue weighted by Crippen LogP contribution is 2.27. The number of nitrogens with zero attached hydrogens (tertiary/aromatic N) is 2. The van der Waals surface area contributed by atoms with Crippen LogP contribution in [0.2, 0.25) is 0 Å². The van der Waals surface area contributed by atoms with Crippen LogP contribution in [0.4, 0.5) is 5.69 Å². The standard InChI is InChI=1S/C21H17N3O4S/c1-27-15-7-8-17-13(10-15)9-14(11-22)20(24-17)29-12-19(25)23-18-6-4-3-5-16(18)21(26)28-2/h3-10H,12H2,1-2H3,(H,23,25). The Morgan fingerprint density at radius 1 is 1.17 bits per heavy atom. The molecule has 29 heavy (non-hydrogen) atoms. The highest BCUT2D eigenvalue weighted by atomic mass is 32.2. The Bertz CT molecular complexity index is 1120.